The quantitative estimate of drug-likeness (QED) is 0.736. The summed E-state index contributed by atoms with van der Waals surface area (Å²) in [6, 6.07) is 8.05. The van der Waals surface area contributed by atoms with Crippen molar-refractivity contribution in [3.8, 4) is 6.07 Å². The van der Waals surface area contributed by atoms with E-state index in [2.05, 4.69) is 0 Å². The van der Waals surface area contributed by atoms with E-state index in [9.17, 15) is 9.59 Å². The summed E-state index contributed by atoms with van der Waals surface area (Å²) in [5.74, 6) is -0.796. The number of carbonyl (C=O) groups is 2. The third-order valence-electron chi connectivity index (χ3n) is 2.14. The van der Waals surface area contributed by atoms with Crippen molar-refractivity contribution in [1.82, 2.24) is 5.06 Å². The molecule has 1 aromatic rings. The molecule has 0 saturated carbocycles. The molecule has 0 unspecified atom stereocenters. The minimum Gasteiger partial charge on any atom is -0.442 e. The topological polar surface area (TPSA) is 79.6 Å². The number of hydrogen-bond donors (Lipinski definition) is 0. The molecule has 6 heteroatoms. The van der Waals surface area contributed by atoms with Gasteiger partial charge >= 0.3 is 12.1 Å². The van der Waals surface area contributed by atoms with Crippen molar-refractivity contribution < 1.29 is 19.2 Å². The SMILES string of the molecule is CN(OC(=O)c1ccccc1C#N)C(=O)OC(C)(C)C. The van der Waals surface area contributed by atoms with Crippen LogP contribution in [0.4, 0.5) is 4.79 Å². The van der Waals surface area contributed by atoms with Crippen LogP contribution < -0.4 is 0 Å². The summed E-state index contributed by atoms with van der Waals surface area (Å²) >= 11 is 0. The van der Waals surface area contributed by atoms with Gasteiger partial charge in [-0.2, -0.15) is 5.26 Å². The van der Waals surface area contributed by atoms with Crippen LogP contribution in [0.1, 0.15) is 36.7 Å². The number of hydrogen-bond acceptors (Lipinski definition) is 5. The van der Waals surface area contributed by atoms with Gasteiger partial charge in [-0.25, -0.2) is 9.59 Å². The Morgan fingerprint density at radius 2 is 1.85 bits per heavy atom. The van der Waals surface area contributed by atoms with E-state index in [0.717, 1.165) is 0 Å². The monoisotopic (exact) mass is 276 g/mol. The van der Waals surface area contributed by atoms with Crippen LogP contribution in [0.15, 0.2) is 24.3 Å². The molecule has 0 heterocycles. The first-order valence-corrected chi connectivity index (χ1v) is 5.92. The molecule has 0 aliphatic carbocycles. The van der Waals surface area contributed by atoms with Gasteiger partial charge in [0.2, 0.25) is 0 Å². The summed E-state index contributed by atoms with van der Waals surface area (Å²) in [7, 11) is 1.26. The van der Waals surface area contributed by atoms with Crippen LogP contribution >= 0.6 is 0 Å². The molecule has 0 aliphatic heterocycles. The number of rotatable bonds is 1. The second-order valence-electron chi connectivity index (χ2n) is 5.01. The minimum atomic E-state index is -0.796. The molecule has 106 valence electrons. The fourth-order valence-corrected chi connectivity index (χ4v) is 1.30. The van der Waals surface area contributed by atoms with Crippen molar-refractivity contribution in [2.24, 2.45) is 0 Å². The summed E-state index contributed by atoms with van der Waals surface area (Å²) in [5, 5.41) is 9.60. The standard InChI is InChI=1S/C14H16N2O4/c1-14(2,3)19-13(18)16(4)20-12(17)11-8-6-5-7-10(11)9-15/h5-8H,1-4H3. The van der Waals surface area contributed by atoms with Crippen LogP contribution in [-0.4, -0.2) is 29.8 Å². The number of carbonyl (C=O) groups excluding carboxylic acids is 2. The first-order chi connectivity index (χ1) is 9.24. The van der Waals surface area contributed by atoms with E-state index < -0.39 is 17.7 Å². The van der Waals surface area contributed by atoms with Gasteiger partial charge in [-0.1, -0.05) is 12.1 Å². The Morgan fingerprint density at radius 1 is 1.25 bits per heavy atom. The van der Waals surface area contributed by atoms with Gasteiger partial charge in [0.05, 0.1) is 18.2 Å². The Labute approximate surface area is 117 Å². The maximum absolute atomic E-state index is 11.9. The molecule has 0 radical (unpaired) electrons. The molecule has 0 aromatic heterocycles. The maximum atomic E-state index is 11.9. The largest absolute Gasteiger partial charge is 0.443 e. The van der Waals surface area contributed by atoms with E-state index in [1.54, 1.807) is 32.9 Å². The summed E-state index contributed by atoms with van der Waals surface area (Å²) < 4.78 is 5.04. The number of ether oxygens (including phenoxy) is 1. The lowest BCUT2D eigenvalue weighted by molar-refractivity contribution is -0.0931. The molecule has 20 heavy (non-hydrogen) atoms. The first kappa shape index (κ1) is 15.5. The van der Waals surface area contributed by atoms with E-state index in [4.69, 9.17) is 14.8 Å². The lowest BCUT2D eigenvalue weighted by Gasteiger charge is -2.23. The molecule has 1 amide bonds. The van der Waals surface area contributed by atoms with E-state index in [1.165, 1.54) is 19.2 Å². The van der Waals surface area contributed by atoms with E-state index >= 15 is 0 Å². The predicted octanol–water partition coefficient (Wildman–Crippen LogP) is 2.50. The molecule has 1 aromatic carbocycles. The maximum Gasteiger partial charge on any atom is 0.443 e. The molecule has 0 N–H and O–H groups in total. The number of hydroxylamine groups is 2. The zero-order valence-electron chi connectivity index (χ0n) is 11.8. The van der Waals surface area contributed by atoms with Gasteiger partial charge in [0.1, 0.15) is 11.7 Å². The molecular formula is C14H16N2O4. The molecule has 0 atom stereocenters. The minimum absolute atomic E-state index is 0.0883. The predicted molar refractivity (Wildman–Crippen MR) is 70.6 cm³/mol. The van der Waals surface area contributed by atoms with Crippen LogP contribution in [0.25, 0.3) is 0 Å². The molecule has 6 nitrogen and oxygen atoms in total. The summed E-state index contributed by atoms with van der Waals surface area (Å²) in [4.78, 5) is 28.4. The lowest BCUT2D eigenvalue weighted by Crippen LogP contribution is -2.35. The van der Waals surface area contributed by atoms with Crippen molar-refractivity contribution in [2.75, 3.05) is 7.05 Å². The second-order valence-corrected chi connectivity index (χ2v) is 5.01. The van der Waals surface area contributed by atoms with Gasteiger partial charge < -0.3 is 9.57 Å². The Morgan fingerprint density at radius 3 is 2.40 bits per heavy atom. The van der Waals surface area contributed by atoms with Gasteiger partial charge in [0.15, 0.2) is 0 Å². The van der Waals surface area contributed by atoms with Gasteiger partial charge in [-0.15, -0.1) is 5.06 Å². The van der Waals surface area contributed by atoms with Gasteiger partial charge in [-0.3, -0.25) is 0 Å². The highest BCUT2D eigenvalue weighted by atomic mass is 16.8. The Balaban J connectivity index is 2.76. The van der Waals surface area contributed by atoms with Crippen LogP contribution in [0.3, 0.4) is 0 Å². The Bertz CT molecular complexity index is 555. The Hall–Kier alpha value is -2.55. The highest BCUT2D eigenvalue weighted by molar-refractivity contribution is 5.92. The van der Waals surface area contributed by atoms with Gasteiger partial charge in [0.25, 0.3) is 0 Å². The van der Waals surface area contributed by atoms with Crippen LogP contribution in [0, 0.1) is 11.3 Å². The summed E-state index contributed by atoms with van der Waals surface area (Å²) in [5.41, 5.74) is -0.428. The fourth-order valence-electron chi connectivity index (χ4n) is 1.30. The van der Waals surface area contributed by atoms with Crippen molar-refractivity contribution in [3.63, 3.8) is 0 Å². The zero-order chi connectivity index (χ0) is 15.3. The number of amides is 1. The first-order valence-electron chi connectivity index (χ1n) is 5.92. The highest BCUT2D eigenvalue weighted by Gasteiger charge is 2.23. The van der Waals surface area contributed by atoms with Crippen molar-refractivity contribution >= 4 is 12.1 Å². The summed E-state index contributed by atoms with van der Waals surface area (Å²) in [6.45, 7) is 5.10. The van der Waals surface area contributed by atoms with Crippen molar-refractivity contribution in [3.05, 3.63) is 35.4 Å². The average Bonchev–Trinajstić information content (AvgIpc) is 2.36. The lowest BCUT2D eigenvalue weighted by atomic mass is 10.1. The smallest absolute Gasteiger partial charge is 0.442 e. The number of nitrogens with zero attached hydrogens (tertiary/aromatic N) is 2. The summed E-state index contributed by atoms with van der Waals surface area (Å²) in [6.07, 6.45) is -0.791. The van der Waals surface area contributed by atoms with Crippen LogP contribution in [0.2, 0.25) is 0 Å². The van der Waals surface area contributed by atoms with Crippen LogP contribution in [0.5, 0.6) is 0 Å². The number of benzene rings is 1. The van der Waals surface area contributed by atoms with Crippen molar-refractivity contribution in [1.29, 1.82) is 5.26 Å². The fraction of sp³-hybridized carbons (Fsp3) is 0.357. The third kappa shape index (κ3) is 4.28. The van der Waals surface area contributed by atoms with Crippen molar-refractivity contribution in [2.45, 2.75) is 26.4 Å². The van der Waals surface area contributed by atoms with E-state index in [0.29, 0.717) is 5.06 Å². The second kappa shape index (κ2) is 6.06. The average molecular weight is 276 g/mol. The normalized spacial score (nSPS) is 10.3. The molecule has 0 aliphatic rings. The highest BCUT2D eigenvalue weighted by Crippen LogP contribution is 2.12. The molecular weight excluding hydrogens is 260 g/mol. The molecule has 1 rings (SSSR count). The number of nitriles is 1. The molecule has 0 saturated heterocycles. The zero-order valence-corrected chi connectivity index (χ0v) is 11.8. The molecule has 0 bridgehead atoms. The molecule has 0 spiro atoms. The van der Waals surface area contributed by atoms with Crippen LogP contribution in [-0.2, 0) is 9.57 Å². The van der Waals surface area contributed by atoms with Gasteiger partial charge in [0, 0.05) is 0 Å². The van der Waals surface area contributed by atoms with E-state index in [1.807, 2.05) is 6.07 Å². The van der Waals surface area contributed by atoms with Gasteiger partial charge in [-0.05, 0) is 32.9 Å². The third-order valence-corrected chi connectivity index (χ3v) is 2.14. The van der Waals surface area contributed by atoms with E-state index in [-0.39, 0.29) is 11.1 Å². The molecule has 0 fully saturated rings. The Kier molecular flexibility index (Phi) is 4.70.